The molecule has 0 amide bonds. The van der Waals surface area contributed by atoms with Gasteiger partial charge in [-0.1, -0.05) is 46.0 Å². The third-order valence-corrected chi connectivity index (χ3v) is 5.01. The summed E-state index contributed by atoms with van der Waals surface area (Å²) in [6, 6.07) is 0.837. The fourth-order valence-corrected chi connectivity index (χ4v) is 4.08. The molecule has 106 valence electrons. The van der Waals surface area contributed by atoms with Gasteiger partial charge in [-0.15, -0.1) is 0 Å². The molecule has 0 radical (unpaired) electrons. The maximum absolute atomic E-state index is 3.89. The van der Waals surface area contributed by atoms with E-state index in [2.05, 4.69) is 19.2 Å². The van der Waals surface area contributed by atoms with Gasteiger partial charge < -0.3 is 5.32 Å². The largest absolute Gasteiger partial charge is 0.314 e. The molecule has 2 fully saturated rings. The minimum atomic E-state index is 0.837. The predicted octanol–water partition coefficient (Wildman–Crippen LogP) is 4.76. The van der Waals surface area contributed by atoms with Crippen molar-refractivity contribution in [3.05, 3.63) is 0 Å². The molecule has 0 aliphatic heterocycles. The Morgan fingerprint density at radius 3 is 2.33 bits per heavy atom. The normalized spacial score (nSPS) is 30.8. The quantitative estimate of drug-likeness (QED) is 0.743. The van der Waals surface area contributed by atoms with E-state index in [0.29, 0.717) is 0 Å². The highest BCUT2D eigenvalue weighted by Crippen LogP contribution is 2.30. The molecule has 0 aromatic carbocycles. The molecule has 2 saturated carbocycles. The highest BCUT2D eigenvalue weighted by Gasteiger charge is 2.23. The Morgan fingerprint density at radius 2 is 1.61 bits per heavy atom. The van der Waals surface area contributed by atoms with Crippen LogP contribution < -0.4 is 5.32 Å². The first-order valence-corrected chi connectivity index (χ1v) is 8.47. The standard InChI is InChI=1S/C17H33N/c1-14(2)11-16-9-6-10-17(12-16)18-13-15-7-4-3-5-8-15/h14-18H,3-13H2,1-2H3. The summed E-state index contributed by atoms with van der Waals surface area (Å²) in [4.78, 5) is 0. The molecule has 2 rings (SSSR count). The Labute approximate surface area is 114 Å². The second kappa shape index (κ2) is 7.53. The topological polar surface area (TPSA) is 12.0 Å². The van der Waals surface area contributed by atoms with E-state index in [0.717, 1.165) is 23.8 Å². The molecule has 2 atom stereocenters. The maximum Gasteiger partial charge on any atom is 0.00698 e. The van der Waals surface area contributed by atoms with Crippen LogP contribution in [0.1, 0.15) is 78.1 Å². The van der Waals surface area contributed by atoms with Crippen LogP contribution in [0.2, 0.25) is 0 Å². The summed E-state index contributed by atoms with van der Waals surface area (Å²) in [6.45, 7) is 6.05. The minimum Gasteiger partial charge on any atom is -0.314 e. The first-order chi connectivity index (χ1) is 8.74. The molecular formula is C17H33N. The van der Waals surface area contributed by atoms with Crippen molar-refractivity contribution < 1.29 is 0 Å². The second-order valence-corrected chi connectivity index (χ2v) is 7.27. The average molecular weight is 251 g/mol. The maximum atomic E-state index is 3.89. The van der Waals surface area contributed by atoms with Gasteiger partial charge >= 0.3 is 0 Å². The van der Waals surface area contributed by atoms with Gasteiger partial charge in [0, 0.05) is 6.04 Å². The molecule has 0 aromatic heterocycles. The predicted molar refractivity (Wildman–Crippen MR) is 79.8 cm³/mol. The van der Waals surface area contributed by atoms with Gasteiger partial charge in [0.2, 0.25) is 0 Å². The zero-order chi connectivity index (χ0) is 12.8. The Morgan fingerprint density at radius 1 is 0.889 bits per heavy atom. The van der Waals surface area contributed by atoms with E-state index in [4.69, 9.17) is 0 Å². The van der Waals surface area contributed by atoms with Gasteiger partial charge in [-0.05, 0) is 56.4 Å². The number of nitrogens with one attached hydrogen (secondary N) is 1. The molecule has 0 saturated heterocycles. The summed E-state index contributed by atoms with van der Waals surface area (Å²) < 4.78 is 0. The lowest BCUT2D eigenvalue weighted by Gasteiger charge is -2.32. The van der Waals surface area contributed by atoms with Crippen molar-refractivity contribution in [1.82, 2.24) is 5.32 Å². The third-order valence-electron chi connectivity index (χ3n) is 5.01. The van der Waals surface area contributed by atoms with Crippen LogP contribution in [0.15, 0.2) is 0 Å². The van der Waals surface area contributed by atoms with Gasteiger partial charge in [0.25, 0.3) is 0 Å². The van der Waals surface area contributed by atoms with Gasteiger partial charge in [-0.3, -0.25) is 0 Å². The summed E-state index contributed by atoms with van der Waals surface area (Å²) in [6.07, 6.45) is 14.7. The van der Waals surface area contributed by atoms with E-state index in [-0.39, 0.29) is 0 Å². The minimum absolute atomic E-state index is 0.837. The van der Waals surface area contributed by atoms with Crippen LogP contribution in [0.3, 0.4) is 0 Å². The molecular weight excluding hydrogens is 218 g/mol. The Kier molecular flexibility index (Phi) is 6.01. The van der Waals surface area contributed by atoms with Crippen molar-refractivity contribution in [1.29, 1.82) is 0 Å². The molecule has 2 aliphatic carbocycles. The van der Waals surface area contributed by atoms with Crippen LogP contribution in [-0.4, -0.2) is 12.6 Å². The van der Waals surface area contributed by atoms with E-state index in [1.807, 2.05) is 0 Å². The number of rotatable bonds is 5. The van der Waals surface area contributed by atoms with Crippen molar-refractivity contribution in [2.24, 2.45) is 17.8 Å². The van der Waals surface area contributed by atoms with Crippen molar-refractivity contribution >= 4 is 0 Å². The molecule has 2 unspecified atom stereocenters. The summed E-state index contributed by atoms with van der Waals surface area (Å²) in [5.74, 6) is 2.87. The van der Waals surface area contributed by atoms with Crippen molar-refractivity contribution in [3.8, 4) is 0 Å². The average Bonchev–Trinajstić information content (AvgIpc) is 2.37. The molecule has 0 heterocycles. The van der Waals surface area contributed by atoms with Crippen LogP contribution in [-0.2, 0) is 0 Å². The molecule has 18 heavy (non-hydrogen) atoms. The molecule has 1 N–H and O–H groups in total. The fraction of sp³-hybridized carbons (Fsp3) is 1.00. The molecule has 2 aliphatic rings. The van der Waals surface area contributed by atoms with Gasteiger partial charge in [-0.25, -0.2) is 0 Å². The summed E-state index contributed by atoms with van der Waals surface area (Å²) >= 11 is 0. The lowest BCUT2D eigenvalue weighted by molar-refractivity contribution is 0.237. The van der Waals surface area contributed by atoms with E-state index in [1.54, 1.807) is 0 Å². The first kappa shape index (κ1) is 14.4. The third kappa shape index (κ3) is 4.91. The van der Waals surface area contributed by atoms with Gasteiger partial charge in [0.15, 0.2) is 0 Å². The lowest BCUT2D eigenvalue weighted by Crippen LogP contribution is -2.37. The Hall–Kier alpha value is -0.0400. The summed E-state index contributed by atoms with van der Waals surface area (Å²) in [7, 11) is 0. The van der Waals surface area contributed by atoms with Crippen molar-refractivity contribution in [2.75, 3.05) is 6.54 Å². The van der Waals surface area contributed by atoms with Crippen LogP contribution in [0, 0.1) is 17.8 Å². The zero-order valence-corrected chi connectivity index (χ0v) is 12.6. The highest BCUT2D eigenvalue weighted by molar-refractivity contribution is 4.80. The highest BCUT2D eigenvalue weighted by atomic mass is 14.9. The van der Waals surface area contributed by atoms with Crippen LogP contribution in [0.5, 0.6) is 0 Å². The smallest absolute Gasteiger partial charge is 0.00698 e. The Balaban J connectivity index is 1.65. The monoisotopic (exact) mass is 251 g/mol. The van der Waals surface area contributed by atoms with Gasteiger partial charge in [0.1, 0.15) is 0 Å². The molecule has 0 spiro atoms. The van der Waals surface area contributed by atoms with E-state index < -0.39 is 0 Å². The van der Waals surface area contributed by atoms with E-state index in [9.17, 15) is 0 Å². The van der Waals surface area contributed by atoms with E-state index in [1.165, 1.54) is 70.8 Å². The van der Waals surface area contributed by atoms with Crippen molar-refractivity contribution in [2.45, 2.75) is 84.1 Å². The summed E-state index contributed by atoms with van der Waals surface area (Å²) in [5.41, 5.74) is 0. The first-order valence-electron chi connectivity index (χ1n) is 8.47. The van der Waals surface area contributed by atoms with Gasteiger partial charge in [-0.2, -0.15) is 0 Å². The van der Waals surface area contributed by atoms with Gasteiger partial charge in [0.05, 0.1) is 0 Å². The van der Waals surface area contributed by atoms with Crippen LogP contribution >= 0.6 is 0 Å². The van der Waals surface area contributed by atoms with Crippen molar-refractivity contribution in [3.63, 3.8) is 0 Å². The molecule has 0 aromatic rings. The fourth-order valence-electron chi connectivity index (χ4n) is 4.08. The Bertz CT molecular complexity index is 218. The molecule has 0 bridgehead atoms. The lowest BCUT2D eigenvalue weighted by atomic mass is 9.80. The number of hydrogen-bond acceptors (Lipinski definition) is 1. The van der Waals surface area contributed by atoms with Crippen LogP contribution in [0.4, 0.5) is 0 Å². The molecule has 1 nitrogen and oxygen atoms in total. The van der Waals surface area contributed by atoms with Crippen LogP contribution in [0.25, 0.3) is 0 Å². The van der Waals surface area contributed by atoms with E-state index >= 15 is 0 Å². The zero-order valence-electron chi connectivity index (χ0n) is 12.6. The summed E-state index contributed by atoms with van der Waals surface area (Å²) in [5, 5.41) is 3.89. The number of hydrogen-bond donors (Lipinski definition) is 1. The SMILES string of the molecule is CC(C)CC1CCCC(NCC2CCCCC2)C1. The second-order valence-electron chi connectivity index (χ2n) is 7.27. The molecule has 1 heteroatoms.